The molecule has 0 N–H and O–H groups in total. The van der Waals surface area contributed by atoms with E-state index in [1.807, 2.05) is 36.4 Å². The summed E-state index contributed by atoms with van der Waals surface area (Å²) in [6, 6.07) is 10.0. The lowest BCUT2D eigenvalue weighted by Gasteiger charge is -1.85. The molecule has 0 bridgehead atoms. The lowest BCUT2D eigenvalue weighted by Crippen LogP contribution is -1.63. The summed E-state index contributed by atoms with van der Waals surface area (Å²) in [5, 5.41) is 0. The first-order valence-corrected chi connectivity index (χ1v) is 3.76. The average molecular weight is 239 g/mol. The van der Waals surface area contributed by atoms with Gasteiger partial charge in [-0.05, 0) is 5.56 Å². The number of hydrogen-bond acceptors (Lipinski definition) is 0. The van der Waals surface area contributed by atoms with Crippen LogP contribution in [0.25, 0.3) is 6.08 Å². The maximum absolute atomic E-state index is 3.63. The van der Waals surface area contributed by atoms with Crippen LogP contribution in [0.4, 0.5) is 0 Å². The molecule has 0 aromatic heterocycles. The van der Waals surface area contributed by atoms with E-state index >= 15 is 0 Å². The zero-order valence-corrected chi connectivity index (χ0v) is 9.36. The Morgan fingerprint density at radius 1 is 0.846 bits per heavy atom. The van der Waals surface area contributed by atoms with Crippen LogP contribution in [0, 0.1) is 0 Å². The predicted octanol–water partition coefficient (Wildman–Crippen LogP) is 4.27. The molecule has 0 radical (unpaired) electrons. The topological polar surface area (TPSA) is 0 Å². The normalized spacial score (nSPS) is 6.77. The van der Waals surface area contributed by atoms with Gasteiger partial charge in [0.2, 0.25) is 0 Å². The van der Waals surface area contributed by atoms with Gasteiger partial charge in [-0.2, -0.15) is 0 Å². The zero-order chi connectivity index (χ0) is 9.23. The molecular formula is C12H15Br. The third kappa shape index (κ3) is 8.83. The summed E-state index contributed by atoms with van der Waals surface area (Å²) in [4.78, 5) is 0. The van der Waals surface area contributed by atoms with Gasteiger partial charge in [0, 0.05) is 0 Å². The summed E-state index contributed by atoms with van der Waals surface area (Å²) >= 11 is 0. The number of allylic oxidation sites excluding steroid dienone is 2. The quantitative estimate of drug-likeness (QED) is 0.676. The van der Waals surface area contributed by atoms with Crippen molar-refractivity contribution < 1.29 is 0 Å². The smallest absolute Gasteiger partial charge is 0.0263 e. The van der Waals surface area contributed by atoms with Crippen molar-refractivity contribution in [3.8, 4) is 0 Å². The molecule has 0 unspecified atom stereocenters. The molecule has 1 rings (SSSR count). The highest BCUT2D eigenvalue weighted by molar-refractivity contribution is 8.93. The molecule has 0 heterocycles. The van der Waals surface area contributed by atoms with Crippen LogP contribution in [-0.4, -0.2) is 0 Å². The van der Waals surface area contributed by atoms with Crippen molar-refractivity contribution in [1.29, 1.82) is 0 Å². The van der Waals surface area contributed by atoms with Gasteiger partial charge in [0.15, 0.2) is 0 Å². The second kappa shape index (κ2) is 10.9. The highest BCUT2D eigenvalue weighted by Crippen LogP contribution is 1.97. The summed E-state index contributed by atoms with van der Waals surface area (Å²) < 4.78 is 0. The molecule has 0 spiro atoms. The van der Waals surface area contributed by atoms with Crippen LogP contribution in [0.2, 0.25) is 0 Å². The summed E-state index contributed by atoms with van der Waals surface area (Å²) in [6.45, 7) is 10.4. The van der Waals surface area contributed by atoms with E-state index in [2.05, 4.69) is 19.7 Å². The minimum absolute atomic E-state index is 0. The maximum Gasteiger partial charge on any atom is -0.0263 e. The minimum Gasteiger partial charge on any atom is -0.114 e. The minimum atomic E-state index is 0. The lowest BCUT2D eigenvalue weighted by atomic mass is 10.2. The van der Waals surface area contributed by atoms with Crippen LogP contribution in [0.1, 0.15) is 5.56 Å². The van der Waals surface area contributed by atoms with Crippen LogP contribution < -0.4 is 0 Å². The van der Waals surface area contributed by atoms with Crippen molar-refractivity contribution in [2.24, 2.45) is 0 Å². The molecule has 1 heteroatoms. The van der Waals surface area contributed by atoms with Crippen molar-refractivity contribution in [2.75, 3.05) is 0 Å². The molecule has 0 amide bonds. The first-order chi connectivity index (χ1) is 5.85. The van der Waals surface area contributed by atoms with Crippen LogP contribution in [0.15, 0.2) is 62.2 Å². The monoisotopic (exact) mass is 238 g/mol. The van der Waals surface area contributed by atoms with Gasteiger partial charge in [0.25, 0.3) is 0 Å². The van der Waals surface area contributed by atoms with E-state index in [1.165, 1.54) is 5.56 Å². The molecule has 0 fully saturated rings. The molecule has 0 aliphatic carbocycles. The van der Waals surface area contributed by atoms with E-state index in [0.29, 0.717) is 0 Å². The molecule has 0 saturated heterocycles. The predicted molar refractivity (Wildman–Crippen MR) is 67.2 cm³/mol. The van der Waals surface area contributed by atoms with Gasteiger partial charge in [0.05, 0.1) is 0 Å². The Kier molecular flexibility index (Phi) is 12.1. The van der Waals surface area contributed by atoms with Gasteiger partial charge < -0.3 is 0 Å². The zero-order valence-electron chi connectivity index (χ0n) is 7.65. The number of halogens is 1. The highest BCUT2D eigenvalue weighted by atomic mass is 79.9. The Balaban J connectivity index is 0. The Morgan fingerprint density at radius 2 is 1.31 bits per heavy atom. The number of benzene rings is 1. The van der Waals surface area contributed by atoms with E-state index in [9.17, 15) is 0 Å². The van der Waals surface area contributed by atoms with Gasteiger partial charge in [0.1, 0.15) is 0 Å². The summed E-state index contributed by atoms with van der Waals surface area (Å²) in [5.41, 5.74) is 1.17. The van der Waals surface area contributed by atoms with Crippen molar-refractivity contribution in [2.45, 2.75) is 0 Å². The number of rotatable bonds is 2. The van der Waals surface area contributed by atoms with Gasteiger partial charge in [-0.1, -0.05) is 68.3 Å². The van der Waals surface area contributed by atoms with Gasteiger partial charge >= 0.3 is 0 Å². The Hall–Kier alpha value is -1.08. The Bertz CT molecular complexity index is 231. The van der Waals surface area contributed by atoms with Crippen LogP contribution in [-0.2, 0) is 0 Å². The van der Waals surface area contributed by atoms with Crippen molar-refractivity contribution in [3.63, 3.8) is 0 Å². The highest BCUT2D eigenvalue weighted by Gasteiger charge is 1.75. The lowest BCUT2D eigenvalue weighted by molar-refractivity contribution is 1.67. The average Bonchev–Trinajstić information content (AvgIpc) is 2.19. The molecule has 1 aromatic carbocycles. The maximum atomic E-state index is 3.63. The second-order valence-corrected chi connectivity index (χ2v) is 2.09. The van der Waals surface area contributed by atoms with Crippen LogP contribution in [0.5, 0.6) is 0 Å². The molecule has 70 valence electrons. The fourth-order valence-electron chi connectivity index (χ4n) is 0.589. The molecule has 13 heavy (non-hydrogen) atoms. The fourth-order valence-corrected chi connectivity index (χ4v) is 0.589. The SMILES string of the molecule is Br.C=CC=C.C=Cc1ccccc1. The van der Waals surface area contributed by atoms with Gasteiger partial charge in [-0.3, -0.25) is 0 Å². The standard InChI is InChI=1S/C8H8.C4H6.BrH/c1-2-8-6-4-3-5-7-8;1-3-4-2;/h2-7H,1H2;3-4H,1-2H2;1H. The van der Waals surface area contributed by atoms with E-state index in [-0.39, 0.29) is 17.0 Å². The third-order valence-electron chi connectivity index (χ3n) is 1.20. The van der Waals surface area contributed by atoms with E-state index < -0.39 is 0 Å². The van der Waals surface area contributed by atoms with E-state index in [0.717, 1.165) is 0 Å². The molecule has 0 saturated carbocycles. The molecule has 0 aliphatic heterocycles. The summed E-state index contributed by atoms with van der Waals surface area (Å²) in [7, 11) is 0. The van der Waals surface area contributed by atoms with E-state index in [1.54, 1.807) is 12.2 Å². The Labute approximate surface area is 91.1 Å². The van der Waals surface area contributed by atoms with Crippen LogP contribution in [0.3, 0.4) is 0 Å². The first kappa shape index (κ1) is 14.4. The Morgan fingerprint density at radius 3 is 1.54 bits per heavy atom. The third-order valence-corrected chi connectivity index (χ3v) is 1.20. The summed E-state index contributed by atoms with van der Waals surface area (Å²) in [5.74, 6) is 0. The largest absolute Gasteiger partial charge is 0.114 e. The van der Waals surface area contributed by atoms with Crippen molar-refractivity contribution in [1.82, 2.24) is 0 Å². The summed E-state index contributed by atoms with van der Waals surface area (Å²) in [6.07, 6.45) is 5.11. The fraction of sp³-hybridized carbons (Fsp3) is 0. The van der Waals surface area contributed by atoms with Crippen molar-refractivity contribution >= 4 is 23.1 Å². The first-order valence-electron chi connectivity index (χ1n) is 3.76. The van der Waals surface area contributed by atoms with Crippen LogP contribution >= 0.6 is 17.0 Å². The van der Waals surface area contributed by atoms with Crippen molar-refractivity contribution in [3.05, 3.63) is 67.8 Å². The molecular weight excluding hydrogens is 224 g/mol. The molecule has 0 nitrogen and oxygen atoms in total. The second-order valence-electron chi connectivity index (χ2n) is 2.09. The molecule has 0 aliphatic rings. The van der Waals surface area contributed by atoms with Gasteiger partial charge in [-0.15, -0.1) is 17.0 Å². The molecule has 1 aromatic rings. The number of hydrogen-bond donors (Lipinski definition) is 0. The molecule has 0 atom stereocenters. The van der Waals surface area contributed by atoms with E-state index in [4.69, 9.17) is 0 Å². The van der Waals surface area contributed by atoms with Gasteiger partial charge in [-0.25, -0.2) is 0 Å².